The summed E-state index contributed by atoms with van der Waals surface area (Å²) in [6.45, 7) is 5.27. The average Bonchev–Trinajstić information content (AvgIpc) is 2.73. The van der Waals surface area contributed by atoms with Gasteiger partial charge in [-0.25, -0.2) is 4.98 Å². The number of hydrogen-bond acceptors (Lipinski definition) is 4. The van der Waals surface area contributed by atoms with Crippen molar-refractivity contribution in [3.05, 3.63) is 52.0 Å². The molecule has 0 spiro atoms. The van der Waals surface area contributed by atoms with E-state index in [1.165, 1.54) is 21.7 Å². The zero-order valence-corrected chi connectivity index (χ0v) is 13.2. The van der Waals surface area contributed by atoms with Crippen LogP contribution in [0.25, 0.3) is 6.08 Å². The minimum atomic E-state index is 0.715. The summed E-state index contributed by atoms with van der Waals surface area (Å²) >= 11 is 1.65. The van der Waals surface area contributed by atoms with Crippen LogP contribution in [0.4, 0.5) is 5.13 Å². The molecular weight excluding hydrogens is 278 g/mol. The highest BCUT2D eigenvalue weighted by molar-refractivity contribution is 7.15. The van der Waals surface area contributed by atoms with Gasteiger partial charge in [-0.05, 0) is 18.9 Å². The lowest BCUT2D eigenvalue weighted by molar-refractivity contribution is 0.318. The fourth-order valence-corrected chi connectivity index (χ4v) is 3.49. The summed E-state index contributed by atoms with van der Waals surface area (Å²) in [6, 6.07) is 8.64. The number of benzene rings is 1. The normalized spacial score (nSPS) is 16.0. The lowest BCUT2D eigenvalue weighted by Crippen LogP contribution is -2.26. The van der Waals surface area contributed by atoms with Crippen LogP contribution in [0, 0.1) is 6.92 Å². The van der Waals surface area contributed by atoms with Crippen LogP contribution >= 0.6 is 11.3 Å². The molecule has 0 aliphatic carbocycles. The number of hydrogen-bond donors (Lipinski definition) is 1. The fraction of sp³-hybridized carbons (Fsp3) is 0.353. The van der Waals surface area contributed by atoms with Gasteiger partial charge in [0, 0.05) is 30.9 Å². The van der Waals surface area contributed by atoms with Gasteiger partial charge in [0.05, 0.1) is 5.69 Å². The molecule has 1 aliphatic rings. The van der Waals surface area contributed by atoms with E-state index in [1.54, 1.807) is 11.3 Å². The molecule has 0 saturated carbocycles. The Kier molecular flexibility index (Phi) is 4.36. The number of thiazole rings is 1. The number of nitrogens with zero attached hydrogens (tertiary/aromatic N) is 2. The van der Waals surface area contributed by atoms with Crippen molar-refractivity contribution in [3.63, 3.8) is 0 Å². The summed E-state index contributed by atoms with van der Waals surface area (Å²) in [4.78, 5) is 8.29. The highest BCUT2D eigenvalue weighted by atomic mass is 32.1. The first-order chi connectivity index (χ1) is 10.2. The minimum absolute atomic E-state index is 0.715. The molecule has 0 atom stereocenters. The quantitative estimate of drug-likeness (QED) is 0.946. The predicted octanol–water partition coefficient (Wildman–Crippen LogP) is 3.15. The van der Waals surface area contributed by atoms with Gasteiger partial charge in [0.2, 0.25) is 0 Å². The van der Waals surface area contributed by atoms with Gasteiger partial charge in [0.1, 0.15) is 0 Å². The molecule has 0 radical (unpaired) electrons. The Morgan fingerprint density at radius 1 is 1.24 bits per heavy atom. The number of nitrogens with two attached hydrogens (primary N) is 1. The fourth-order valence-electron chi connectivity index (χ4n) is 2.63. The molecule has 3 nitrogen and oxygen atoms in total. The van der Waals surface area contributed by atoms with Gasteiger partial charge in [-0.15, -0.1) is 11.3 Å². The molecule has 2 N–H and O–H groups in total. The minimum Gasteiger partial charge on any atom is -0.375 e. The molecule has 0 amide bonds. The van der Waals surface area contributed by atoms with Gasteiger partial charge >= 0.3 is 0 Å². The van der Waals surface area contributed by atoms with Gasteiger partial charge in [-0.1, -0.05) is 42.0 Å². The molecular formula is C17H21N3S. The first kappa shape index (κ1) is 14.3. The molecule has 1 aromatic carbocycles. The zero-order chi connectivity index (χ0) is 14.7. The van der Waals surface area contributed by atoms with E-state index in [0.717, 1.165) is 32.5 Å². The summed E-state index contributed by atoms with van der Waals surface area (Å²) in [5.74, 6) is 0. The molecule has 3 rings (SSSR count). The Morgan fingerprint density at radius 2 is 2.00 bits per heavy atom. The van der Waals surface area contributed by atoms with Gasteiger partial charge in [0.15, 0.2) is 5.13 Å². The topological polar surface area (TPSA) is 42.2 Å². The maximum Gasteiger partial charge on any atom is 0.180 e. The van der Waals surface area contributed by atoms with Crippen molar-refractivity contribution in [2.45, 2.75) is 19.8 Å². The standard InChI is InChI=1S/C17H21N3S/c1-13-4-6-14(7-5-13)3-2-10-20-11-8-15-16(9-12-20)21-17(18)19-15/h2-7H,8-12H2,1H3,(H2,18,19)/b3-2+. The average molecular weight is 299 g/mol. The van der Waals surface area contributed by atoms with Crippen molar-refractivity contribution < 1.29 is 0 Å². The summed E-state index contributed by atoms with van der Waals surface area (Å²) in [7, 11) is 0. The highest BCUT2D eigenvalue weighted by Crippen LogP contribution is 2.24. The molecule has 1 aliphatic heterocycles. The largest absolute Gasteiger partial charge is 0.375 e. The second-order valence-electron chi connectivity index (χ2n) is 5.54. The Hall–Kier alpha value is -1.65. The Morgan fingerprint density at radius 3 is 2.81 bits per heavy atom. The van der Waals surface area contributed by atoms with E-state index in [0.29, 0.717) is 5.13 Å². The van der Waals surface area contributed by atoms with Gasteiger partial charge in [0.25, 0.3) is 0 Å². The molecule has 2 aromatic rings. The molecule has 21 heavy (non-hydrogen) atoms. The molecule has 0 saturated heterocycles. The summed E-state index contributed by atoms with van der Waals surface area (Å²) < 4.78 is 0. The molecule has 0 bridgehead atoms. The molecule has 0 fully saturated rings. The number of aryl methyl sites for hydroxylation is 1. The van der Waals surface area contributed by atoms with Crippen LogP contribution in [0.15, 0.2) is 30.3 Å². The second kappa shape index (κ2) is 6.41. The third-order valence-electron chi connectivity index (χ3n) is 3.87. The van der Waals surface area contributed by atoms with Gasteiger partial charge in [-0.2, -0.15) is 0 Å². The summed E-state index contributed by atoms with van der Waals surface area (Å²) in [5.41, 5.74) is 9.56. The van der Waals surface area contributed by atoms with Crippen molar-refractivity contribution in [2.24, 2.45) is 0 Å². The lowest BCUT2D eigenvalue weighted by atomic mass is 10.1. The third-order valence-corrected chi connectivity index (χ3v) is 4.85. The van der Waals surface area contributed by atoms with E-state index in [9.17, 15) is 0 Å². The first-order valence-corrected chi connectivity index (χ1v) is 8.22. The maximum absolute atomic E-state index is 5.78. The zero-order valence-electron chi connectivity index (χ0n) is 12.4. The van der Waals surface area contributed by atoms with Crippen LogP contribution in [0.5, 0.6) is 0 Å². The van der Waals surface area contributed by atoms with Crippen molar-refractivity contribution in [3.8, 4) is 0 Å². The number of aromatic nitrogens is 1. The van der Waals surface area contributed by atoms with Crippen molar-refractivity contribution in [2.75, 3.05) is 25.4 Å². The van der Waals surface area contributed by atoms with Crippen molar-refractivity contribution >= 4 is 22.5 Å². The smallest absolute Gasteiger partial charge is 0.180 e. The Labute approximate surface area is 130 Å². The van der Waals surface area contributed by atoms with Crippen LogP contribution in [0.2, 0.25) is 0 Å². The van der Waals surface area contributed by atoms with Gasteiger partial charge in [-0.3, -0.25) is 4.90 Å². The first-order valence-electron chi connectivity index (χ1n) is 7.40. The van der Waals surface area contributed by atoms with E-state index in [1.807, 2.05) is 0 Å². The van der Waals surface area contributed by atoms with Gasteiger partial charge < -0.3 is 5.73 Å². The van der Waals surface area contributed by atoms with Crippen LogP contribution in [-0.4, -0.2) is 29.5 Å². The van der Waals surface area contributed by atoms with E-state index in [4.69, 9.17) is 5.73 Å². The maximum atomic E-state index is 5.78. The van der Waals surface area contributed by atoms with Crippen molar-refractivity contribution in [1.82, 2.24) is 9.88 Å². The molecule has 0 unspecified atom stereocenters. The Bertz CT molecular complexity index is 602. The van der Waals surface area contributed by atoms with Crippen molar-refractivity contribution in [1.29, 1.82) is 0 Å². The van der Waals surface area contributed by atoms with Crippen LogP contribution < -0.4 is 5.73 Å². The highest BCUT2D eigenvalue weighted by Gasteiger charge is 2.16. The number of nitrogen functional groups attached to an aromatic ring is 1. The van der Waals surface area contributed by atoms with Crippen LogP contribution in [0.3, 0.4) is 0 Å². The molecule has 2 heterocycles. The summed E-state index contributed by atoms with van der Waals surface area (Å²) in [6.07, 6.45) is 6.55. The molecule has 1 aromatic heterocycles. The molecule has 110 valence electrons. The number of anilines is 1. The van der Waals surface area contributed by atoms with E-state index in [2.05, 4.69) is 53.2 Å². The summed E-state index contributed by atoms with van der Waals surface area (Å²) in [5, 5.41) is 0.715. The number of fused-ring (bicyclic) bond motifs is 1. The van der Waals surface area contributed by atoms with E-state index < -0.39 is 0 Å². The van der Waals surface area contributed by atoms with E-state index >= 15 is 0 Å². The van der Waals surface area contributed by atoms with Crippen LogP contribution in [-0.2, 0) is 12.8 Å². The van der Waals surface area contributed by atoms with E-state index in [-0.39, 0.29) is 0 Å². The monoisotopic (exact) mass is 299 g/mol. The van der Waals surface area contributed by atoms with Crippen LogP contribution in [0.1, 0.15) is 21.7 Å². The predicted molar refractivity (Wildman–Crippen MR) is 90.6 cm³/mol. The number of rotatable bonds is 3. The lowest BCUT2D eigenvalue weighted by Gasteiger charge is -2.17. The Balaban J connectivity index is 1.55. The SMILES string of the molecule is Cc1ccc(/C=C/CN2CCc3nc(N)sc3CC2)cc1. The molecule has 4 heteroatoms. The second-order valence-corrected chi connectivity index (χ2v) is 6.65. The third kappa shape index (κ3) is 3.71.